The van der Waals surface area contributed by atoms with E-state index in [0.29, 0.717) is 24.8 Å². The molecule has 0 saturated carbocycles. The summed E-state index contributed by atoms with van der Waals surface area (Å²) in [6, 6.07) is 10.3. The van der Waals surface area contributed by atoms with Crippen LogP contribution >= 0.6 is 0 Å². The molecule has 41 heavy (non-hydrogen) atoms. The molecule has 1 atom stereocenters. The number of aryl methyl sites for hydroxylation is 2. The third-order valence-corrected chi connectivity index (χ3v) is 8.04. The van der Waals surface area contributed by atoms with Gasteiger partial charge in [0, 0.05) is 69.5 Å². The van der Waals surface area contributed by atoms with Crippen LogP contribution in [-0.4, -0.2) is 74.8 Å². The fourth-order valence-corrected chi connectivity index (χ4v) is 5.66. The van der Waals surface area contributed by atoms with Crippen molar-refractivity contribution in [2.24, 2.45) is 0 Å². The summed E-state index contributed by atoms with van der Waals surface area (Å²) in [4.78, 5) is 41.7. The van der Waals surface area contributed by atoms with Gasteiger partial charge in [0.25, 0.3) is 5.91 Å². The molecule has 1 aliphatic rings. The summed E-state index contributed by atoms with van der Waals surface area (Å²) in [5.74, 6) is 0.195. The number of aromatic nitrogens is 3. The van der Waals surface area contributed by atoms with E-state index >= 15 is 0 Å². The van der Waals surface area contributed by atoms with Gasteiger partial charge in [-0.1, -0.05) is 12.1 Å². The normalized spacial score (nSPS) is 14.2. The van der Waals surface area contributed by atoms with Crippen LogP contribution in [0.15, 0.2) is 42.7 Å². The number of hydrogen-bond acceptors (Lipinski definition) is 6. The summed E-state index contributed by atoms with van der Waals surface area (Å²) in [6.07, 6.45) is 5.75. The van der Waals surface area contributed by atoms with E-state index < -0.39 is 6.10 Å². The van der Waals surface area contributed by atoms with Gasteiger partial charge in [-0.15, -0.1) is 0 Å². The molecule has 0 bridgehead atoms. The van der Waals surface area contributed by atoms with Crippen molar-refractivity contribution in [3.8, 4) is 22.4 Å². The van der Waals surface area contributed by atoms with Crippen molar-refractivity contribution in [2.75, 3.05) is 27.2 Å². The van der Waals surface area contributed by atoms with E-state index in [4.69, 9.17) is 4.98 Å². The van der Waals surface area contributed by atoms with Crippen LogP contribution in [0, 0.1) is 13.8 Å². The number of amides is 1. The van der Waals surface area contributed by atoms with Crippen LogP contribution in [0.4, 0.5) is 0 Å². The lowest BCUT2D eigenvalue weighted by atomic mass is 9.92. The maximum Gasteiger partial charge on any atom is 0.253 e. The Morgan fingerprint density at radius 2 is 1.88 bits per heavy atom. The second-order valence-electron chi connectivity index (χ2n) is 11.5. The number of aromatic amines is 1. The molecule has 2 N–H and O–H groups in total. The Labute approximate surface area is 241 Å². The maximum atomic E-state index is 12.5. The van der Waals surface area contributed by atoms with Crippen LogP contribution < -0.4 is 0 Å². The largest absolute Gasteiger partial charge is 0.393 e. The summed E-state index contributed by atoms with van der Waals surface area (Å²) in [5.41, 5.74) is 10.8. The lowest BCUT2D eigenvalue weighted by molar-refractivity contribution is -0.120. The standard InChI is InChI=1S/C33H39N5O3/c1-20-15-24(16-25-19-38(13-11-27(20)25)12-10-26(40)8-6-22(3)39)30-18-35-32-31(36-30)29(17-34-32)23-7-9-28(21(2)14-23)33(41)37(4)5/h7,9,14-18,22,39H,6,8,10-13,19H2,1-5H3,(H,34,35)/t22-/m0/s1. The average Bonchev–Trinajstić information content (AvgIpc) is 3.37. The Morgan fingerprint density at radius 1 is 1.10 bits per heavy atom. The Morgan fingerprint density at radius 3 is 2.61 bits per heavy atom. The number of aliphatic hydroxyl groups is 1. The molecule has 0 radical (unpaired) electrons. The van der Waals surface area contributed by atoms with E-state index in [-0.39, 0.29) is 11.7 Å². The van der Waals surface area contributed by atoms with E-state index in [9.17, 15) is 14.7 Å². The molecule has 2 aromatic heterocycles. The fourth-order valence-electron chi connectivity index (χ4n) is 5.66. The molecule has 2 aromatic carbocycles. The molecule has 0 saturated heterocycles. The number of H-pyrrole nitrogens is 1. The van der Waals surface area contributed by atoms with Crippen molar-refractivity contribution in [1.82, 2.24) is 24.8 Å². The number of carbonyl (C=O) groups excluding carboxylic acids is 2. The van der Waals surface area contributed by atoms with E-state index in [2.05, 4.69) is 33.9 Å². The molecule has 0 aliphatic carbocycles. The number of rotatable bonds is 9. The van der Waals surface area contributed by atoms with Crippen LogP contribution in [0.3, 0.4) is 0 Å². The van der Waals surface area contributed by atoms with E-state index in [1.807, 2.05) is 37.5 Å². The Hall–Kier alpha value is -3.88. The first-order chi connectivity index (χ1) is 19.6. The van der Waals surface area contributed by atoms with Crippen LogP contribution in [0.5, 0.6) is 0 Å². The molecule has 0 unspecified atom stereocenters. The van der Waals surface area contributed by atoms with Crippen LogP contribution in [0.1, 0.15) is 58.8 Å². The van der Waals surface area contributed by atoms with Crippen molar-refractivity contribution < 1.29 is 14.7 Å². The molecule has 4 aromatic rings. The van der Waals surface area contributed by atoms with Crippen molar-refractivity contribution in [1.29, 1.82) is 0 Å². The summed E-state index contributed by atoms with van der Waals surface area (Å²) in [7, 11) is 3.52. The fraction of sp³-hybridized carbons (Fsp3) is 0.394. The molecular weight excluding hydrogens is 514 g/mol. The quantitative estimate of drug-likeness (QED) is 0.299. The smallest absolute Gasteiger partial charge is 0.253 e. The number of fused-ring (bicyclic) bond motifs is 2. The molecule has 5 rings (SSSR count). The second kappa shape index (κ2) is 11.9. The van der Waals surface area contributed by atoms with Crippen molar-refractivity contribution in [3.05, 3.63) is 70.5 Å². The number of nitrogens with one attached hydrogen (secondary N) is 1. The van der Waals surface area contributed by atoms with Gasteiger partial charge in [-0.3, -0.25) is 14.5 Å². The molecule has 8 heteroatoms. The maximum absolute atomic E-state index is 12.5. The third-order valence-electron chi connectivity index (χ3n) is 8.04. The summed E-state index contributed by atoms with van der Waals surface area (Å²) in [5, 5.41) is 9.46. The van der Waals surface area contributed by atoms with E-state index in [1.165, 1.54) is 16.7 Å². The molecule has 8 nitrogen and oxygen atoms in total. The highest BCUT2D eigenvalue weighted by atomic mass is 16.3. The predicted molar refractivity (Wildman–Crippen MR) is 162 cm³/mol. The first-order valence-electron chi connectivity index (χ1n) is 14.3. The van der Waals surface area contributed by atoms with Crippen LogP contribution in [0.25, 0.3) is 33.5 Å². The van der Waals surface area contributed by atoms with E-state index in [1.54, 1.807) is 25.9 Å². The number of ketones is 1. The number of aliphatic hydroxyl groups excluding tert-OH is 1. The van der Waals surface area contributed by atoms with Gasteiger partial charge in [-0.25, -0.2) is 9.97 Å². The number of hydrogen-bond donors (Lipinski definition) is 2. The molecule has 3 heterocycles. The predicted octanol–water partition coefficient (Wildman–Crippen LogP) is 5.09. The topological polar surface area (TPSA) is 102 Å². The molecule has 1 amide bonds. The highest BCUT2D eigenvalue weighted by Gasteiger charge is 2.21. The first-order valence-corrected chi connectivity index (χ1v) is 14.3. The van der Waals surface area contributed by atoms with E-state index in [0.717, 1.165) is 65.2 Å². The highest BCUT2D eigenvalue weighted by Crippen LogP contribution is 2.32. The van der Waals surface area contributed by atoms with Crippen molar-refractivity contribution in [3.63, 3.8) is 0 Å². The Kier molecular flexibility index (Phi) is 8.33. The van der Waals surface area contributed by atoms with Gasteiger partial charge in [-0.05, 0) is 79.6 Å². The summed E-state index contributed by atoms with van der Waals surface area (Å²) in [6.45, 7) is 8.31. The van der Waals surface area contributed by atoms with Crippen LogP contribution in [0.2, 0.25) is 0 Å². The second-order valence-corrected chi connectivity index (χ2v) is 11.5. The van der Waals surface area contributed by atoms with Gasteiger partial charge in [0.05, 0.1) is 18.0 Å². The minimum Gasteiger partial charge on any atom is -0.393 e. The van der Waals surface area contributed by atoms with Gasteiger partial charge in [0.2, 0.25) is 0 Å². The summed E-state index contributed by atoms with van der Waals surface area (Å²) >= 11 is 0. The van der Waals surface area contributed by atoms with Gasteiger partial charge >= 0.3 is 0 Å². The Balaban J connectivity index is 1.39. The molecule has 214 valence electrons. The van der Waals surface area contributed by atoms with Gasteiger partial charge in [-0.2, -0.15) is 0 Å². The zero-order valence-electron chi connectivity index (χ0n) is 24.6. The number of nitrogens with zero attached hydrogens (tertiary/aromatic N) is 4. The third kappa shape index (κ3) is 6.24. The van der Waals surface area contributed by atoms with Gasteiger partial charge < -0.3 is 15.0 Å². The lowest BCUT2D eigenvalue weighted by Crippen LogP contribution is -2.32. The number of benzene rings is 2. The molecule has 0 spiro atoms. The molecule has 0 fully saturated rings. The molecular formula is C33H39N5O3. The van der Waals surface area contributed by atoms with Gasteiger partial charge in [0.1, 0.15) is 11.3 Å². The summed E-state index contributed by atoms with van der Waals surface area (Å²) < 4.78 is 0. The highest BCUT2D eigenvalue weighted by molar-refractivity contribution is 5.97. The first kappa shape index (κ1) is 28.6. The monoisotopic (exact) mass is 553 g/mol. The number of carbonyl (C=O) groups is 2. The number of Topliss-reactive ketones (excluding diaryl/α,β-unsaturated/α-hetero) is 1. The minimum atomic E-state index is -0.435. The zero-order valence-corrected chi connectivity index (χ0v) is 24.6. The van der Waals surface area contributed by atoms with Gasteiger partial charge in [0.15, 0.2) is 5.65 Å². The van der Waals surface area contributed by atoms with Crippen LogP contribution in [-0.2, 0) is 17.8 Å². The minimum absolute atomic E-state index is 0.0145. The van der Waals surface area contributed by atoms with Crippen molar-refractivity contribution in [2.45, 2.75) is 59.1 Å². The molecule has 1 aliphatic heterocycles. The lowest BCUT2D eigenvalue weighted by Gasteiger charge is -2.30. The average molecular weight is 554 g/mol. The SMILES string of the molecule is Cc1cc(-c2c[nH]c3ncc(-c4cc(C)c5c(c4)CN(CCC(=O)CC[C@H](C)O)CC5)nc23)ccc1C(=O)N(C)C. The van der Waals surface area contributed by atoms with Crippen molar-refractivity contribution >= 4 is 22.9 Å². The Bertz CT molecular complexity index is 1600. The zero-order chi connectivity index (χ0) is 29.3.